The van der Waals surface area contributed by atoms with Gasteiger partial charge in [0.2, 0.25) is 5.91 Å². The van der Waals surface area contributed by atoms with Gasteiger partial charge in [0.15, 0.2) is 23.3 Å². The van der Waals surface area contributed by atoms with Crippen molar-refractivity contribution >= 4 is 29.4 Å². The van der Waals surface area contributed by atoms with Crippen LogP contribution in [0, 0.1) is 6.92 Å². The van der Waals surface area contributed by atoms with Crippen molar-refractivity contribution < 1.29 is 19.1 Å². The number of nitrogens with zero attached hydrogens (tertiary/aromatic N) is 2. The molecule has 1 aliphatic rings. The van der Waals surface area contributed by atoms with E-state index in [0.29, 0.717) is 39.4 Å². The van der Waals surface area contributed by atoms with Crippen molar-refractivity contribution in [1.29, 1.82) is 0 Å². The summed E-state index contributed by atoms with van der Waals surface area (Å²) < 4.78 is 12.5. The van der Waals surface area contributed by atoms with Gasteiger partial charge in [-0.3, -0.25) is 14.4 Å². The molecule has 0 radical (unpaired) electrons. The molecule has 0 spiro atoms. The number of nitrogens with one attached hydrogen (secondary N) is 1. The summed E-state index contributed by atoms with van der Waals surface area (Å²) in [5.74, 6) is 0.452. The van der Waals surface area contributed by atoms with E-state index in [4.69, 9.17) is 15.2 Å². The summed E-state index contributed by atoms with van der Waals surface area (Å²) in [6.07, 6.45) is 0.0877. The lowest BCUT2D eigenvalue weighted by Gasteiger charge is -2.28. The number of methoxy groups -OCH3 is 1. The van der Waals surface area contributed by atoms with Crippen LogP contribution in [-0.2, 0) is 22.4 Å². The maximum atomic E-state index is 13.2. The van der Waals surface area contributed by atoms with Crippen LogP contribution >= 0.6 is 11.8 Å². The first-order valence-electron chi connectivity index (χ1n) is 10.9. The van der Waals surface area contributed by atoms with E-state index in [1.165, 1.54) is 24.4 Å². The number of hydrogen-bond acceptors (Lipinski definition) is 7. The minimum atomic E-state index is -0.611. The number of thioether (sulfide) groups is 1. The Balaban J connectivity index is 1.67. The quantitative estimate of drug-likeness (QED) is 0.364. The first kappa shape index (κ1) is 24.3. The number of aryl methyl sites for hydroxylation is 1. The molecule has 0 saturated carbocycles. The monoisotopic (exact) mass is 494 g/mol. The summed E-state index contributed by atoms with van der Waals surface area (Å²) in [7, 11) is 3.25. The molecule has 1 aromatic heterocycles. The predicted molar refractivity (Wildman–Crippen MR) is 133 cm³/mol. The lowest BCUT2D eigenvalue weighted by Crippen LogP contribution is -2.33. The predicted octanol–water partition coefficient (Wildman–Crippen LogP) is 2.73. The smallest absolute Gasteiger partial charge is 0.279 e. The van der Waals surface area contributed by atoms with Gasteiger partial charge in [-0.2, -0.15) is 4.98 Å². The molecule has 0 aliphatic carbocycles. The molecule has 0 fully saturated rings. The van der Waals surface area contributed by atoms with Gasteiger partial charge < -0.3 is 25.1 Å². The highest BCUT2D eigenvalue weighted by Gasteiger charge is 2.32. The molecule has 2 heterocycles. The third kappa shape index (κ3) is 5.32. The van der Waals surface area contributed by atoms with E-state index in [1.54, 1.807) is 29.8 Å². The minimum Gasteiger partial charge on any atom is -0.493 e. The average Bonchev–Trinajstić information content (AvgIpc) is 2.84. The van der Waals surface area contributed by atoms with Crippen molar-refractivity contribution in [1.82, 2.24) is 9.55 Å². The largest absolute Gasteiger partial charge is 0.493 e. The molecule has 1 aliphatic heterocycles. The van der Waals surface area contributed by atoms with Crippen molar-refractivity contribution in [2.75, 3.05) is 19.0 Å². The van der Waals surface area contributed by atoms with Gasteiger partial charge in [0, 0.05) is 25.1 Å². The van der Waals surface area contributed by atoms with Crippen LogP contribution in [0.5, 0.6) is 11.5 Å². The van der Waals surface area contributed by atoms with E-state index < -0.39 is 11.8 Å². The molecular weight excluding hydrogens is 468 g/mol. The number of hydrogen-bond donors (Lipinski definition) is 2. The van der Waals surface area contributed by atoms with Gasteiger partial charge in [-0.1, -0.05) is 47.7 Å². The number of benzene rings is 2. The van der Waals surface area contributed by atoms with Crippen LogP contribution in [0.1, 0.15) is 34.6 Å². The van der Waals surface area contributed by atoms with Crippen LogP contribution in [-0.4, -0.2) is 35.1 Å². The first-order valence-corrected chi connectivity index (χ1v) is 11.9. The second kappa shape index (κ2) is 10.2. The third-order valence-corrected chi connectivity index (χ3v) is 6.85. The van der Waals surface area contributed by atoms with E-state index >= 15 is 0 Å². The number of anilines is 1. The van der Waals surface area contributed by atoms with Gasteiger partial charge in [-0.15, -0.1) is 0 Å². The molecule has 2 amide bonds. The Hall–Kier alpha value is -3.79. The average molecular weight is 495 g/mol. The molecule has 9 nitrogen and oxygen atoms in total. The standard InChI is InChI=1S/C25H26N4O5S/c1-14-4-6-15(7-5-14)13-35-25-28-24(32)22-17(11-21(31)27-23(22)29(25)2)16-8-9-18(19(10-16)33-3)34-12-20(26)30/h4-10,17H,11-13H2,1-3H3,(H2,26,30)(H,27,31). The Labute approximate surface area is 206 Å². The van der Waals surface area contributed by atoms with Gasteiger partial charge in [-0.05, 0) is 30.2 Å². The highest BCUT2D eigenvalue weighted by molar-refractivity contribution is 7.98. The maximum absolute atomic E-state index is 13.2. The zero-order chi connectivity index (χ0) is 25.1. The molecule has 4 rings (SSSR count). The number of rotatable bonds is 8. The second-order valence-corrected chi connectivity index (χ2v) is 9.21. The first-order chi connectivity index (χ1) is 16.8. The molecular formula is C25H26N4O5S. The molecule has 10 heteroatoms. The summed E-state index contributed by atoms with van der Waals surface area (Å²) >= 11 is 1.43. The van der Waals surface area contributed by atoms with E-state index in [9.17, 15) is 14.4 Å². The summed E-state index contributed by atoms with van der Waals surface area (Å²) in [6.45, 7) is 1.74. The molecule has 1 unspecified atom stereocenters. The van der Waals surface area contributed by atoms with Crippen LogP contribution in [0.2, 0.25) is 0 Å². The lowest BCUT2D eigenvalue weighted by atomic mass is 9.86. The van der Waals surface area contributed by atoms with E-state index in [0.717, 1.165) is 5.56 Å². The zero-order valence-corrected chi connectivity index (χ0v) is 20.5. The topological polar surface area (TPSA) is 126 Å². The Morgan fingerprint density at radius 1 is 1.20 bits per heavy atom. The molecule has 3 aromatic rings. The van der Waals surface area contributed by atoms with Crippen LogP contribution in [0.25, 0.3) is 0 Å². The number of amides is 2. The van der Waals surface area contributed by atoms with Crippen molar-refractivity contribution in [3.05, 3.63) is 75.1 Å². The van der Waals surface area contributed by atoms with Crippen LogP contribution in [0.3, 0.4) is 0 Å². The number of primary amides is 1. The van der Waals surface area contributed by atoms with Gasteiger partial charge in [-0.25, -0.2) is 0 Å². The molecule has 182 valence electrons. The Kier molecular flexibility index (Phi) is 7.11. The Morgan fingerprint density at radius 2 is 1.94 bits per heavy atom. The van der Waals surface area contributed by atoms with E-state index in [1.807, 2.05) is 31.2 Å². The molecule has 35 heavy (non-hydrogen) atoms. The van der Waals surface area contributed by atoms with Gasteiger partial charge in [0.1, 0.15) is 5.82 Å². The van der Waals surface area contributed by atoms with Crippen LogP contribution in [0.4, 0.5) is 5.82 Å². The van der Waals surface area contributed by atoms with Crippen molar-refractivity contribution in [3.63, 3.8) is 0 Å². The van der Waals surface area contributed by atoms with E-state index in [-0.39, 0.29) is 24.5 Å². The number of ether oxygens (including phenoxy) is 2. The fraction of sp³-hybridized carbons (Fsp3) is 0.280. The van der Waals surface area contributed by atoms with Crippen LogP contribution < -0.4 is 26.1 Å². The van der Waals surface area contributed by atoms with Gasteiger partial charge in [0.05, 0.1) is 12.7 Å². The number of nitrogens with two attached hydrogens (primary N) is 1. The highest BCUT2D eigenvalue weighted by atomic mass is 32.2. The van der Waals surface area contributed by atoms with Crippen molar-refractivity contribution in [2.45, 2.75) is 30.2 Å². The highest BCUT2D eigenvalue weighted by Crippen LogP contribution is 2.39. The number of fused-ring (bicyclic) bond motifs is 1. The number of aromatic nitrogens is 2. The molecule has 2 aromatic carbocycles. The number of carbonyl (C=O) groups is 2. The normalized spacial score (nSPS) is 14.7. The molecule has 1 atom stereocenters. The van der Waals surface area contributed by atoms with Crippen molar-refractivity contribution in [3.8, 4) is 11.5 Å². The lowest BCUT2D eigenvalue weighted by molar-refractivity contribution is -0.120. The van der Waals surface area contributed by atoms with Gasteiger partial charge >= 0.3 is 0 Å². The molecule has 3 N–H and O–H groups in total. The van der Waals surface area contributed by atoms with Crippen molar-refractivity contribution in [2.24, 2.45) is 12.8 Å². The maximum Gasteiger partial charge on any atom is 0.279 e. The second-order valence-electron chi connectivity index (χ2n) is 8.27. The van der Waals surface area contributed by atoms with E-state index in [2.05, 4.69) is 10.3 Å². The molecule has 0 bridgehead atoms. The van der Waals surface area contributed by atoms with Crippen LogP contribution in [0.15, 0.2) is 52.4 Å². The summed E-state index contributed by atoms with van der Waals surface area (Å²) in [4.78, 5) is 41.2. The summed E-state index contributed by atoms with van der Waals surface area (Å²) in [5.41, 5.74) is 8.17. The molecule has 0 saturated heterocycles. The fourth-order valence-electron chi connectivity index (χ4n) is 3.95. The zero-order valence-electron chi connectivity index (χ0n) is 19.7. The minimum absolute atomic E-state index is 0.0877. The van der Waals surface area contributed by atoms with Gasteiger partial charge in [0.25, 0.3) is 11.5 Å². The summed E-state index contributed by atoms with van der Waals surface area (Å²) in [6, 6.07) is 13.2. The fourth-order valence-corrected chi connectivity index (χ4v) is 4.87. The SMILES string of the molecule is COc1cc(C2CC(=O)Nc3c2c(=O)nc(SCc2ccc(C)cc2)n3C)ccc1OCC(N)=O. The Morgan fingerprint density at radius 3 is 2.63 bits per heavy atom. The third-order valence-electron chi connectivity index (χ3n) is 5.75. The number of carbonyl (C=O) groups excluding carboxylic acids is 2. The Bertz CT molecular complexity index is 1340. The summed E-state index contributed by atoms with van der Waals surface area (Å²) in [5, 5.41) is 3.37.